The van der Waals surface area contributed by atoms with E-state index >= 15 is 0 Å². The lowest BCUT2D eigenvalue weighted by molar-refractivity contribution is 0.0651. The highest BCUT2D eigenvalue weighted by atomic mass is 16.2. The molecule has 1 saturated heterocycles. The van der Waals surface area contributed by atoms with E-state index in [1.165, 1.54) is 0 Å². The van der Waals surface area contributed by atoms with E-state index in [-0.39, 0.29) is 11.9 Å². The first-order valence-electron chi connectivity index (χ1n) is 6.62. The Bertz CT molecular complexity index is 619. The summed E-state index contributed by atoms with van der Waals surface area (Å²) >= 11 is 0. The minimum Gasteiger partial charge on any atom is -0.332 e. The van der Waals surface area contributed by atoms with Crippen LogP contribution in [-0.2, 0) is 7.05 Å². The van der Waals surface area contributed by atoms with Gasteiger partial charge in [0, 0.05) is 38.1 Å². The summed E-state index contributed by atoms with van der Waals surface area (Å²) < 4.78 is 1.77. The highest BCUT2D eigenvalue weighted by Crippen LogP contribution is 2.20. The molecule has 1 aliphatic heterocycles. The molecule has 0 unspecified atom stereocenters. The van der Waals surface area contributed by atoms with Crippen LogP contribution in [-0.4, -0.2) is 46.3 Å². The first-order valence-corrected chi connectivity index (χ1v) is 6.62. The number of aromatic nitrogens is 2. The maximum Gasteiger partial charge on any atom is 0.275 e. The second-order valence-corrected chi connectivity index (χ2v) is 5.04. The molecular formula is C14H18N4O. The number of nitrogens with zero attached hydrogens (tertiary/aromatic N) is 3. The summed E-state index contributed by atoms with van der Waals surface area (Å²) in [6.07, 6.45) is 0. The topological polar surface area (TPSA) is 50.2 Å². The van der Waals surface area contributed by atoms with Gasteiger partial charge in [-0.15, -0.1) is 0 Å². The van der Waals surface area contributed by atoms with E-state index < -0.39 is 0 Å². The van der Waals surface area contributed by atoms with Crippen LogP contribution < -0.4 is 5.32 Å². The molecule has 0 radical (unpaired) electrons. The summed E-state index contributed by atoms with van der Waals surface area (Å²) in [5, 5.41) is 8.63. The molecule has 0 saturated carbocycles. The summed E-state index contributed by atoms with van der Waals surface area (Å²) in [6.45, 7) is 4.50. The Morgan fingerprint density at radius 3 is 3.00 bits per heavy atom. The Balaban J connectivity index is 2.02. The average Bonchev–Trinajstić information content (AvgIpc) is 2.77. The number of amides is 1. The SMILES string of the molecule is C[C@@H]1CNCCN1C(=O)c1nn(C)c2ccccc12. The molecule has 0 bridgehead atoms. The van der Waals surface area contributed by atoms with E-state index in [1.807, 2.05) is 36.2 Å². The maximum atomic E-state index is 12.7. The van der Waals surface area contributed by atoms with Gasteiger partial charge in [-0.05, 0) is 13.0 Å². The van der Waals surface area contributed by atoms with Crippen LogP contribution in [0.5, 0.6) is 0 Å². The van der Waals surface area contributed by atoms with Gasteiger partial charge in [-0.2, -0.15) is 5.10 Å². The number of benzene rings is 1. The lowest BCUT2D eigenvalue weighted by atomic mass is 10.1. The lowest BCUT2D eigenvalue weighted by Gasteiger charge is -2.33. The van der Waals surface area contributed by atoms with Crippen LogP contribution in [0.15, 0.2) is 24.3 Å². The molecule has 5 heteroatoms. The van der Waals surface area contributed by atoms with Gasteiger partial charge in [0.05, 0.1) is 5.52 Å². The molecule has 1 aromatic heterocycles. The molecule has 1 aliphatic rings. The molecule has 1 amide bonds. The van der Waals surface area contributed by atoms with Crippen molar-refractivity contribution >= 4 is 16.8 Å². The summed E-state index contributed by atoms with van der Waals surface area (Å²) in [5.41, 5.74) is 1.56. The van der Waals surface area contributed by atoms with Crippen LogP contribution in [0.2, 0.25) is 0 Å². The highest BCUT2D eigenvalue weighted by Gasteiger charge is 2.27. The summed E-state index contributed by atoms with van der Waals surface area (Å²) in [6, 6.07) is 8.07. The molecule has 0 spiro atoms. The molecule has 3 rings (SSSR count). The number of rotatable bonds is 1. The molecule has 100 valence electrons. The van der Waals surface area contributed by atoms with Crippen LogP contribution in [0, 0.1) is 0 Å². The van der Waals surface area contributed by atoms with Crippen LogP contribution in [0.25, 0.3) is 10.9 Å². The fourth-order valence-electron chi connectivity index (χ4n) is 2.65. The van der Waals surface area contributed by atoms with Crippen LogP contribution in [0.4, 0.5) is 0 Å². The van der Waals surface area contributed by atoms with Gasteiger partial charge in [0.15, 0.2) is 5.69 Å². The number of hydrogen-bond acceptors (Lipinski definition) is 3. The van der Waals surface area contributed by atoms with Gasteiger partial charge in [-0.3, -0.25) is 9.48 Å². The summed E-state index contributed by atoms with van der Waals surface area (Å²) in [5.74, 6) is 0.0331. The Morgan fingerprint density at radius 2 is 2.21 bits per heavy atom. The molecule has 1 atom stereocenters. The third-order valence-electron chi connectivity index (χ3n) is 3.72. The highest BCUT2D eigenvalue weighted by molar-refractivity contribution is 6.05. The van der Waals surface area contributed by atoms with Gasteiger partial charge in [-0.1, -0.05) is 18.2 Å². The van der Waals surface area contributed by atoms with E-state index in [1.54, 1.807) is 4.68 Å². The average molecular weight is 258 g/mol. The number of hydrogen-bond donors (Lipinski definition) is 1. The van der Waals surface area contributed by atoms with Gasteiger partial charge in [0.25, 0.3) is 5.91 Å². The van der Waals surface area contributed by atoms with Crippen molar-refractivity contribution in [1.29, 1.82) is 0 Å². The second kappa shape index (κ2) is 4.66. The number of carbonyl (C=O) groups excluding carboxylic acids is 1. The number of aryl methyl sites for hydroxylation is 1. The molecule has 19 heavy (non-hydrogen) atoms. The minimum absolute atomic E-state index is 0.0331. The molecular weight excluding hydrogens is 240 g/mol. The van der Waals surface area contributed by atoms with E-state index in [4.69, 9.17) is 0 Å². The lowest BCUT2D eigenvalue weighted by Crippen LogP contribution is -2.52. The number of carbonyl (C=O) groups is 1. The fraction of sp³-hybridized carbons (Fsp3) is 0.429. The number of nitrogens with one attached hydrogen (secondary N) is 1. The molecule has 1 aromatic carbocycles. The van der Waals surface area contributed by atoms with Crippen LogP contribution >= 0.6 is 0 Å². The Morgan fingerprint density at radius 1 is 1.42 bits per heavy atom. The zero-order chi connectivity index (χ0) is 13.4. The Kier molecular flexibility index (Phi) is 2.98. The first-order chi connectivity index (χ1) is 9.18. The van der Waals surface area contributed by atoms with Crippen molar-refractivity contribution in [2.45, 2.75) is 13.0 Å². The Hall–Kier alpha value is -1.88. The van der Waals surface area contributed by atoms with Crippen LogP contribution in [0.1, 0.15) is 17.4 Å². The zero-order valence-electron chi connectivity index (χ0n) is 11.3. The number of para-hydroxylation sites is 1. The molecule has 2 heterocycles. The first kappa shape index (κ1) is 12.2. The Labute approximate surface area is 112 Å². The molecule has 5 nitrogen and oxygen atoms in total. The molecule has 1 fully saturated rings. The molecule has 0 aliphatic carbocycles. The summed E-state index contributed by atoms with van der Waals surface area (Å²) in [7, 11) is 1.88. The third kappa shape index (κ3) is 2.00. The van der Waals surface area contributed by atoms with Gasteiger partial charge >= 0.3 is 0 Å². The van der Waals surface area contributed by atoms with E-state index in [0.29, 0.717) is 5.69 Å². The normalized spacial score (nSPS) is 19.9. The predicted octanol–water partition coefficient (Wildman–Crippen LogP) is 1.01. The van der Waals surface area contributed by atoms with Crippen molar-refractivity contribution in [2.24, 2.45) is 7.05 Å². The largest absolute Gasteiger partial charge is 0.332 e. The van der Waals surface area contributed by atoms with E-state index in [0.717, 1.165) is 30.5 Å². The number of piperazine rings is 1. The monoisotopic (exact) mass is 258 g/mol. The van der Waals surface area contributed by atoms with Crippen molar-refractivity contribution in [2.75, 3.05) is 19.6 Å². The van der Waals surface area contributed by atoms with Crippen molar-refractivity contribution in [3.05, 3.63) is 30.0 Å². The van der Waals surface area contributed by atoms with Crippen molar-refractivity contribution in [3.8, 4) is 0 Å². The van der Waals surface area contributed by atoms with E-state index in [2.05, 4.69) is 17.3 Å². The minimum atomic E-state index is 0.0331. The zero-order valence-corrected chi connectivity index (χ0v) is 11.3. The predicted molar refractivity (Wildman–Crippen MR) is 74.1 cm³/mol. The third-order valence-corrected chi connectivity index (χ3v) is 3.72. The molecule has 1 N–H and O–H groups in total. The van der Waals surface area contributed by atoms with Crippen molar-refractivity contribution in [1.82, 2.24) is 20.0 Å². The standard InChI is InChI=1S/C14H18N4O/c1-10-9-15-7-8-18(10)14(19)13-11-5-3-4-6-12(11)17(2)16-13/h3-6,10,15H,7-9H2,1-2H3/t10-/m1/s1. The molecule has 2 aromatic rings. The van der Waals surface area contributed by atoms with Crippen molar-refractivity contribution < 1.29 is 4.79 Å². The van der Waals surface area contributed by atoms with Gasteiger partial charge < -0.3 is 10.2 Å². The van der Waals surface area contributed by atoms with Gasteiger partial charge in [0.2, 0.25) is 0 Å². The summed E-state index contributed by atoms with van der Waals surface area (Å²) in [4.78, 5) is 14.6. The van der Waals surface area contributed by atoms with E-state index in [9.17, 15) is 4.79 Å². The fourth-order valence-corrected chi connectivity index (χ4v) is 2.65. The number of fused-ring (bicyclic) bond motifs is 1. The van der Waals surface area contributed by atoms with Gasteiger partial charge in [0.1, 0.15) is 0 Å². The van der Waals surface area contributed by atoms with Gasteiger partial charge in [-0.25, -0.2) is 0 Å². The van der Waals surface area contributed by atoms with Crippen LogP contribution in [0.3, 0.4) is 0 Å². The second-order valence-electron chi connectivity index (χ2n) is 5.04. The quantitative estimate of drug-likeness (QED) is 0.830. The maximum absolute atomic E-state index is 12.7. The van der Waals surface area contributed by atoms with Crippen molar-refractivity contribution in [3.63, 3.8) is 0 Å². The smallest absolute Gasteiger partial charge is 0.275 e.